The predicted molar refractivity (Wildman–Crippen MR) is 37.1 cm³/mol. The Morgan fingerprint density at radius 1 is 1.33 bits per heavy atom. The summed E-state index contributed by atoms with van der Waals surface area (Å²) in [5.41, 5.74) is -0.122. The molecule has 0 radical (unpaired) electrons. The molecule has 0 aliphatic rings. The predicted octanol–water partition coefficient (Wildman–Crippen LogP) is 2.14. The number of rotatable bonds is 4. The van der Waals surface area contributed by atoms with Crippen molar-refractivity contribution in [2.24, 2.45) is 0 Å². The Kier molecular flexibility index (Phi) is 3.82. The summed E-state index contributed by atoms with van der Waals surface area (Å²) in [6.07, 6.45) is 2.15. The minimum Gasteiger partial charge on any atom is -0.240 e. The maximum Gasteiger partial charge on any atom is 0.0979 e. The Morgan fingerprint density at radius 3 is 2.22 bits per heavy atom. The molecule has 0 aromatic rings. The largest absolute Gasteiger partial charge is 0.240 e. The van der Waals surface area contributed by atoms with Gasteiger partial charge in [0.05, 0.1) is 12.7 Å². The maximum absolute atomic E-state index is 4.97. The van der Waals surface area contributed by atoms with Crippen LogP contribution in [-0.2, 0) is 9.78 Å². The van der Waals surface area contributed by atoms with E-state index in [1.54, 1.807) is 0 Å². The molecule has 0 rings (SSSR count). The van der Waals surface area contributed by atoms with E-state index in [-0.39, 0.29) is 5.60 Å². The summed E-state index contributed by atoms with van der Waals surface area (Å²) in [6, 6.07) is 0. The highest BCUT2D eigenvalue weighted by Crippen LogP contribution is 2.15. The molecule has 0 N–H and O–H groups in total. The van der Waals surface area contributed by atoms with Crippen molar-refractivity contribution < 1.29 is 9.78 Å². The maximum atomic E-state index is 4.97. The molecule has 0 spiro atoms. The minimum absolute atomic E-state index is 0.122. The first-order chi connectivity index (χ1) is 4.12. The quantitative estimate of drug-likeness (QED) is 0.431. The third-order valence-electron chi connectivity index (χ3n) is 1.16. The average Bonchev–Trinajstić information content (AvgIpc) is 1.64. The van der Waals surface area contributed by atoms with Crippen LogP contribution in [0.3, 0.4) is 0 Å². The second-order valence-corrected chi connectivity index (χ2v) is 2.76. The van der Waals surface area contributed by atoms with Gasteiger partial charge >= 0.3 is 0 Å². The van der Waals surface area contributed by atoms with Crippen molar-refractivity contribution in [2.75, 3.05) is 7.11 Å². The SMILES string of the molecule is CCCC(C)(C)OOC. The standard InChI is InChI=1S/C7H16O2/c1-5-6-7(2,3)9-8-4/h5-6H2,1-4H3. The average molecular weight is 132 g/mol. The van der Waals surface area contributed by atoms with Crippen LogP contribution in [0.4, 0.5) is 0 Å². The number of hydrogen-bond acceptors (Lipinski definition) is 2. The smallest absolute Gasteiger partial charge is 0.0979 e. The van der Waals surface area contributed by atoms with Gasteiger partial charge in [0, 0.05) is 0 Å². The molecule has 0 saturated heterocycles. The lowest BCUT2D eigenvalue weighted by atomic mass is 10.0. The van der Waals surface area contributed by atoms with Crippen LogP contribution in [0.1, 0.15) is 33.6 Å². The molecule has 0 unspecified atom stereocenters. The van der Waals surface area contributed by atoms with Crippen LogP contribution in [0.2, 0.25) is 0 Å². The summed E-state index contributed by atoms with van der Waals surface area (Å²) < 4.78 is 0. The van der Waals surface area contributed by atoms with E-state index in [1.807, 2.05) is 13.8 Å². The van der Waals surface area contributed by atoms with Crippen LogP contribution < -0.4 is 0 Å². The first-order valence-electron chi connectivity index (χ1n) is 3.34. The summed E-state index contributed by atoms with van der Waals surface area (Å²) >= 11 is 0. The van der Waals surface area contributed by atoms with Crippen molar-refractivity contribution >= 4 is 0 Å². The van der Waals surface area contributed by atoms with E-state index in [0.29, 0.717) is 0 Å². The lowest BCUT2D eigenvalue weighted by molar-refractivity contribution is -0.336. The van der Waals surface area contributed by atoms with Gasteiger partial charge < -0.3 is 0 Å². The van der Waals surface area contributed by atoms with Crippen molar-refractivity contribution in [3.8, 4) is 0 Å². The van der Waals surface area contributed by atoms with Crippen LogP contribution in [0.15, 0.2) is 0 Å². The Bertz CT molecular complexity index is 61.3. The second-order valence-electron chi connectivity index (χ2n) is 2.76. The van der Waals surface area contributed by atoms with Gasteiger partial charge in [-0.05, 0) is 20.3 Å². The van der Waals surface area contributed by atoms with Crippen LogP contribution in [-0.4, -0.2) is 12.7 Å². The third kappa shape index (κ3) is 4.43. The molecule has 0 aromatic heterocycles. The van der Waals surface area contributed by atoms with Crippen LogP contribution in [0, 0.1) is 0 Å². The lowest BCUT2D eigenvalue weighted by Gasteiger charge is -2.21. The van der Waals surface area contributed by atoms with Crippen LogP contribution >= 0.6 is 0 Å². The fourth-order valence-corrected chi connectivity index (χ4v) is 0.869. The molecular weight excluding hydrogens is 116 g/mol. The van der Waals surface area contributed by atoms with E-state index in [2.05, 4.69) is 11.8 Å². The topological polar surface area (TPSA) is 18.5 Å². The van der Waals surface area contributed by atoms with E-state index in [9.17, 15) is 0 Å². The molecule has 0 saturated carbocycles. The molecule has 0 atom stereocenters. The van der Waals surface area contributed by atoms with Crippen LogP contribution in [0.5, 0.6) is 0 Å². The molecule has 0 aromatic carbocycles. The molecule has 0 heterocycles. The zero-order valence-electron chi connectivity index (χ0n) is 6.73. The van der Waals surface area contributed by atoms with Gasteiger partial charge in [0.25, 0.3) is 0 Å². The zero-order chi connectivity index (χ0) is 7.33. The van der Waals surface area contributed by atoms with E-state index < -0.39 is 0 Å². The fraction of sp³-hybridized carbons (Fsp3) is 1.00. The van der Waals surface area contributed by atoms with Gasteiger partial charge in [0.2, 0.25) is 0 Å². The second kappa shape index (κ2) is 3.85. The first kappa shape index (κ1) is 8.92. The molecule has 2 heteroatoms. The van der Waals surface area contributed by atoms with Gasteiger partial charge in [-0.2, -0.15) is 0 Å². The Balaban J connectivity index is 3.43. The Morgan fingerprint density at radius 2 is 1.89 bits per heavy atom. The summed E-state index contributed by atoms with van der Waals surface area (Å²) in [6.45, 7) is 6.15. The molecular formula is C7H16O2. The van der Waals surface area contributed by atoms with Gasteiger partial charge in [0.1, 0.15) is 0 Å². The highest BCUT2D eigenvalue weighted by atomic mass is 17.2. The molecule has 0 bridgehead atoms. The normalized spacial score (nSPS) is 12.0. The van der Waals surface area contributed by atoms with Gasteiger partial charge in [0.15, 0.2) is 0 Å². The Labute approximate surface area is 57.1 Å². The van der Waals surface area contributed by atoms with Crippen molar-refractivity contribution in [1.82, 2.24) is 0 Å². The molecule has 0 amide bonds. The van der Waals surface area contributed by atoms with E-state index >= 15 is 0 Å². The third-order valence-corrected chi connectivity index (χ3v) is 1.16. The highest BCUT2D eigenvalue weighted by molar-refractivity contribution is 4.64. The molecule has 0 fully saturated rings. The van der Waals surface area contributed by atoms with E-state index in [1.165, 1.54) is 7.11 Å². The Hall–Kier alpha value is -0.0800. The first-order valence-corrected chi connectivity index (χ1v) is 3.34. The molecule has 0 aliphatic heterocycles. The summed E-state index contributed by atoms with van der Waals surface area (Å²) in [5, 5.41) is 0. The molecule has 9 heavy (non-hydrogen) atoms. The van der Waals surface area contributed by atoms with Gasteiger partial charge in [-0.3, -0.25) is 0 Å². The minimum atomic E-state index is -0.122. The monoisotopic (exact) mass is 132 g/mol. The lowest BCUT2D eigenvalue weighted by Crippen LogP contribution is -2.23. The molecule has 0 aliphatic carbocycles. The zero-order valence-corrected chi connectivity index (χ0v) is 6.73. The van der Waals surface area contributed by atoms with E-state index in [0.717, 1.165) is 12.8 Å². The van der Waals surface area contributed by atoms with Gasteiger partial charge in [-0.15, -0.1) is 0 Å². The summed E-state index contributed by atoms with van der Waals surface area (Å²) in [5.74, 6) is 0. The fourth-order valence-electron chi connectivity index (χ4n) is 0.869. The van der Waals surface area contributed by atoms with Crippen molar-refractivity contribution in [1.29, 1.82) is 0 Å². The van der Waals surface area contributed by atoms with Crippen molar-refractivity contribution in [3.05, 3.63) is 0 Å². The van der Waals surface area contributed by atoms with Crippen molar-refractivity contribution in [3.63, 3.8) is 0 Å². The summed E-state index contributed by atoms with van der Waals surface area (Å²) in [7, 11) is 1.54. The molecule has 2 nitrogen and oxygen atoms in total. The number of hydrogen-bond donors (Lipinski definition) is 0. The van der Waals surface area contributed by atoms with Gasteiger partial charge in [-0.25, -0.2) is 9.78 Å². The van der Waals surface area contributed by atoms with Crippen molar-refractivity contribution in [2.45, 2.75) is 39.2 Å². The van der Waals surface area contributed by atoms with Crippen LogP contribution in [0.25, 0.3) is 0 Å². The highest BCUT2D eigenvalue weighted by Gasteiger charge is 2.17. The molecule has 56 valence electrons. The van der Waals surface area contributed by atoms with Gasteiger partial charge in [-0.1, -0.05) is 13.3 Å². The van der Waals surface area contributed by atoms with E-state index in [4.69, 9.17) is 4.89 Å². The summed E-state index contributed by atoms with van der Waals surface area (Å²) in [4.78, 5) is 9.53.